The van der Waals surface area contributed by atoms with E-state index in [1.807, 2.05) is 22.6 Å². The van der Waals surface area contributed by atoms with Gasteiger partial charge in [-0.3, -0.25) is 14.9 Å². The van der Waals surface area contributed by atoms with Crippen LogP contribution in [0.2, 0.25) is 0 Å². The van der Waals surface area contributed by atoms with Crippen LogP contribution in [-0.2, 0) is 0 Å². The summed E-state index contributed by atoms with van der Waals surface area (Å²) in [6.07, 6.45) is 0.968. The highest BCUT2D eigenvalue weighted by Gasteiger charge is 2.15. The van der Waals surface area contributed by atoms with Gasteiger partial charge in [0.2, 0.25) is 5.56 Å². The quantitative estimate of drug-likeness (QED) is 0.491. The van der Waals surface area contributed by atoms with E-state index in [0.29, 0.717) is 3.57 Å². The number of aromatic amines is 1. The molecule has 2 N–H and O–H groups in total. The zero-order valence-corrected chi connectivity index (χ0v) is 11.5. The van der Waals surface area contributed by atoms with Gasteiger partial charge in [0, 0.05) is 9.64 Å². The molecule has 0 aliphatic carbocycles. The highest BCUT2D eigenvalue weighted by molar-refractivity contribution is 14.1. The Morgan fingerprint density at radius 3 is 2.68 bits per heavy atom. The number of hydrogen-bond acceptors (Lipinski definition) is 4. The zero-order valence-electron chi connectivity index (χ0n) is 9.31. The van der Waals surface area contributed by atoms with Crippen molar-refractivity contribution in [3.05, 3.63) is 60.3 Å². The third kappa shape index (κ3) is 3.08. The number of nitrogens with one attached hydrogen (secondary N) is 2. The minimum atomic E-state index is -0.664. The molecule has 0 saturated carbocycles. The van der Waals surface area contributed by atoms with Crippen molar-refractivity contribution in [2.45, 2.75) is 0 Å². The van der Waals surface area contributed by atoms with Crippen LogP contribution >= 0.6 is 22.6 Å². The lowest BCUT2D eigenvalue weighted by Gasteiger charge is -2.07. The number of anilines is 2. The van der Waals surface area contributed by atoms with Crippen molar-refractivity contribution in [3.63, 3.8) is 0 Å². The van der Waals surface area contributed by atoms with Gasteiger partial charge in [-0.15, -0.1) is 0 Å². The Balaban J connectivity index is 2.45. The van der Waals surface area contributed by atoms with Gasteiger partial charge in [-0.25, -0.2) is 4.39 Å². The van der Waals surface area contributed by atoms with Crippen LogP contribution in [0.25, 0.3) is 0 Å². The number of H-pyrrole nitrogens is 1. The molecule has 0 saturated heterocycles. The Kier molecular flexibility index (Phi) is 3.79. The summed E-state index contributed by atoms with van der Waals surface area (Å²) in [5.41, 5.74) is -0.848. The summed E-state index contributed by atoms with van der Waals surface area (Å²) in [5, 5.41) is 13.4. The van der Waals surface area contributed by atoms with E-state index < -0.39 is 16.3 Å². The Labute approximate surface area is 119 Å². The van der Waals surface area contributed by atoms with E-state index in [-0.39, 0.29) is 17.1 Å². The number of aromatic nitrogens is 1. The smallest absolute Gasteiger partial charge is 0.308 e. The first kappa shape index (κ1) is 13.5. The van der Waals surface area contributed by atoms with E-state index in [1.54, 1.807) is 6.07 Å². The molecule has 0 spiro atoms. The molecule has 1 aromatic heterocycles. The summed E-state index contributed by atoms with van der Waals surface area (Å²) >= 11 is 1.94. The second-order valence-electron chi connectivity index (χ2n) is 3.60. The Morgan fingerprint density at radius 2 is 2.05 bits per heavy atom. The molecule has 2 aromatic rings. The fourth-order valence-corrected chi connectivity index (χ4v) is 1.90. The van der Waals surface area contributed by atoms with Gasteiger partial charge < -0.3 is 10.3 Å². The summed E-state index contributed by atoms with van der Waals surface area (Å²) in [7, 11) is 0. The molecule has 0 unspecified atom stereocenters. The first-order valence-electron chi connectivity index (χ1n) is 5.06. The number of hydrogen-bond donors (Lipinski definition) is 2. The van der Waals surface area contributed by atoms with Crippen LogP contribution in [0.15, 0.2) is 35.3 Å². The molecule has 19 heavy (non-hydrogen) atoms. The first-order valence-corrected chi connectivity index (χ1v) is 6.14. The summed E-state index contributed by atoms with van der Waals surface area (Å²) in [4.78, 5) is 23.5. The second-order valence-corrected chi connectivity index (χ2v) is 4.85. The van der Waals surface area contributed by atoms with Gasteiger partial charge >= 0.3 is 5.69 Å². The van der Waals surface area contributed by atoms with Crippen molar-refractivity contribution < 1.29 is 9.31 Å². The summed E-state index contributed by atoms with van der Waals surface area (Å²) < 4.78 is 14.3. The molecule has 0 bridgehead atoms. The Morgan fingerprint density at radius 1 is 1.32 bits per heavy atom. The van der Waals surface area contributed by atoms with E-state index in [0.717, 1.165) is 12.3 Å². The minimum absolute atomic E-state index is 0.0612. The van der Waals surface area contributed by atoms with Gasteiger partial charge in [0.25, 0.3) is 0 Å². The van der Waals surface area contributed by atoms with Crippen LogP contribution in [-0.4, -0.2) is 9.91 Å². The lowest BCUT2D eigenvalue weighted by atomic mass is 10.2. The van der Waals surface area contributed by atoms with Crippen molar-refractivity contribution in [2.24, 2.45) is 0 Å². The highest BCUT2D eigenvalue weighted by atomic mass is 127. The molecule has 0 fully saturated rings. The molecule has 0 aliphatic rings. The fourth-order valence-electron chi connectivity index (χ4n) is 1.45. The zero-order chi connectivity index (χ0) is 14.0. The van der Waals surface area contributed by atoms with E-state index in [2.05, 4.69) is 10.3 Å². The predicted octanol–water partition coefficient (Wildman–Crippen LogP) is 2.77. The van der Waals surface area contributed by atoms with Crippen molar-refractivity contribution in [1.82, 2.24) is 4.98 Å². The van der Waals surface area contributed by atoms with Crippen LogP contribution < -0.4 is 10.9 Å². The van der Waals surface area contributed by atoms with Gasteiger partial charge in [0.05, 0.1) is 16.8 Å². The number of nitro groups is 1. The molecule has 0 atom stereocenters. The molecular weight excluding hydrogens is 368 g/mol. The SMILES string of the molecule is O=c1cc(Nc2ccc(I)cc2F)c([N+](=O)[O-])c[nH]1. The van der Waals surface area contributed by atoms with Gasteiger partial charge in [-0.1, -0.05) is 0 Å². The topological polar surface area (TPSA) is 88.0 Å². The molecule has 6 nitrogen and oxygen atoms in total. The van der Waals surface area contributed by atoms with Crippen molar-refractivity contribution in [2.75, 3.05) is 5.32 Å². The van der Waals surface area contributed by atoms with E-state index in [1.165, 1.54) is 12.1 Å². The number of benzene rings is 1. The molecule has 8 heteroatoms. The second kappa shape index (κ2) is 5.34. The van der Waals surface area contributed by atoms with Crippen LogP contribution in [0.4, 0.5) is 21.5 Å². The van der Waals surface area contributed by atoms with Gasteiger partial charge in [0.1, 0.15) is 11.5 Å². The number of pyridine rings is 1. The molecule has 98 valence electrons. The molecule has 0 amide bonds. The number of halogens is 2. The maximum Gasteiger partial charge on any atom is 0.308 e. The Bertz CT molecular complexity index is 702. The van der Waals surface area contributed by atoms with Crippen molar-refractivity contribution in [1.29, 1.82) is 0 Å². The summed E-state index contributed by atoms with van der Waals surface area (Å²) in [6.45, 7) is 0. The minimum Gasteiger partial charge on any atom is -0.347 e. The molecule has 1 heterocycles. The number of rotatable bonds is 3. The maximum absolute atomic E-state index is 13.6. The van der Waals surface area contributed by atoms with Crippen molar-refractivity contribution in [3.8, 4) is 0 Å². The summed E-state index contributed by atoms with van der Waals surface area (Å²) in [6, 6.07) is 5.38. The molecule has 2 rings (SSSR count). The fraction of sp³-hybridized carbons (Fsp3) is 0. The largest absolute Gasteiger partial charge is 0.347 e. The van der Waals surface area contributed by atoms with Crippen LogP contribution in [0.1, 0.15) is 0 Å². The standard InChI is InChI=1S/C11H7FIN3O3/c12-7-3-6(13)1-2-8(7)15-9-4-11(17)14-5-10(9)16(18)19/h1-5H,(H2,14,15,17). The molecular formula is C11H7FIN3O3. The lowest BCUT2D eigenvalue weighted by molar-refractivity contribution is -0.384. The maximum atomic E-state index is 13.6. The third-order valence-electron chi connectivity index (χ3n) is 2.30. The van der Waals surface area contributed by atoms with Crippen molar-refractivity contribution >= 4 is 39.7 Å². The highest BCUT2D eigenvalue weighted by Crippen LogP contribution is 2.27. The van der Waals surface area contributed by atoms with Gasteiger partial charge in [-0.05, 0) is 40.8 Å². The van der Waals surface area contributed by atoms with Gasteiger partial charge in [-0.2, -0.15) is 0 Å². The molecule has 1 aromatic carbocycles. The lowest BCUT2D eigenvalue weighted by Crippen LogP contribution is -2.08. The number of nitrogens with zero attached hydrogens (tertiary/aromatic N) is 1. The average molecular weight is 375 g/mol. The van der Waals surface area contributed by atoms with E-state index in [4.69, 9.17) is 0 Å². The summed E-state index contributed by atoms with van der Waals surface area (Å²) in [5.74, 6) is -0.554. The predicted molar refractivity (Wildman–Crippen MR) is 76.1 cm³/mol. The third-order valence-corrected chi connectivity index (χ3v) is 2.97. The normalized spacial score (nSPS) is 10.2. The van der Waals surface area contributed by atoms with Gasteiger partial charge in [0.15, 0.2) is 0 Å². The van der Waals surface area contributed by atoms with E-state index in [9.17, 15) is 19.3 Å². The molecule has 0 radical (unpaired) electrons. The monoisotopic (exact) mass is 375 g/mol. The molecule has 0 aliphatic heterocycles. The first-order chi connectivity index (χ1) is 8.97. The van der Waals surface area contributed by atoms with Crippen LogP contribution in [0.5, 0.6) is 0 Å². The van der Waals surface area contributed by atoms with E-state index >= 15 is 0 Å². The van der Waals surface area contributed by atoms with Crippen LogP contribution in [0, 0.1) is 19.5 Å². The average Bonchev–Trinajstić information content (AvgIpc) is 2.32. The van der Waals surface area contributed by atoms with Crippen LogP contribution in [0.3, 0.4) is 0 Å². The Hall–Kier alpha value is -1.97.